The second-order valence-electron chi connectivity index (χ2n) is 5.15. The number of benzene rings is 1. The number of nitrogens with one attached hydrogen (secondary N) is 1. The molecule has 0 spiro atoms. The van der Waals surface area contributed by atoms with Gasteiger partial charge < -0.3 is 20.4 Å². The highest BCUT2D eigenvalue weighted by atomic mass is 16.5. The number of aromatic amines is 1. The summed E-state index contributed by atoms with van der Waals surface area (Å²) in [7, 11) is 3.57. The van der Waals surface area contributed by atoms with Gasteiger partial charge in [0.1, 0.15) is 5.69 Å². The van der Waals surface area contributed by atoms with E-state index in [0.717, 1.165) is 10.9 Å². The van der Waals surface area contributed by atoms with E-state index in [2.05, 4.69) is 19.9 Å². The summed E-state index contributed by atoms with van der Waals surface area (Å²) in [6.07, 6.45) is 0. The quantitative estimate of drug-likeness (QED) is 0.700. The van der Waals surface area contributed by atoms with Crippen molar-refractivity contribution in [3.63, 3.8) is 0 Å². The molecule has 0 amide bonds. The molecule has 1 aromatic carbocycles. The Morgan fingerprint density at radius 1 is 1.26 bits per heavy atom. The fourth-order valence-electron chi connectivity index (χ4n) is 2.08. The fraction of sp³-hybridized carbons (Fsp3) is 0.200. The van der Waals surface area contributed by atoms with Gasteiger partial charge in [-0.3, -0.25) is 0 Å². The lowest BCUT2D eigenvalue weighted by atomic mass is 10.2. The highest BCUT2D eigenvalue weighted by Crippen LogP contribution is 2.15. The van der Waals surface area contributed by atoms with Crippen molar-refractivity contribution >= 4 is 28.8 Å². The SMILES string of the molecule is CN(C)c1nc(N)nc(COC(=O)c2cc3ccccc3[nH]2)n1. The van der Waals surface area contributed by atoms with Crippen molar-refractivity contribution in [2.24, 2.45) is 0 Å². The molecule has 2 heterocycles. The Morgan fingerprint density at radius 3 is 2.78 bits per heavy atom. The van der Waals surface area contributed by atoms with Gasteiger partial charge in [0.2, 0.25) is 11.9 Å². The molecular weight excluding hydrogens is 296 g/mol. The van der Waals surface area contributed by atoms with Gasteiger partial charge in [-0.15, -0.1) is 0 Å². The Labute approximate surface area is 132 Å². The first-order valence-corrected chi connectivity index (χ1v) is 6.95. The summed E-state index contributed by atoms with van der Waals surface area (Å²) in [5.41, 5.74) is 6.88. The van der Waals surface area contributed by atoms with E-state index in [9.17, 15) is 4.79 Å². The molecule has 0 unspecified atom stereocenters. The van der Waals surface area contributed by atoms with Crippen molar-refractivity contribution in [1.82, 2.24) is 19.9 Å². The predicted molar refractivity (Wildman–Crippen MR) is 86.0 cm³/mol. The molecule has 0 saturated carbocycles. The number of esters is 1. The number of hydrogen-bond acceptors (Lipinski definition) is 7. The summed E-state index contributed by atoms with van der Waals surface area (Å²) in [6, 6.07) is 9.34. The van der Waals surface area contributed by atoms with Crippen molar-refractivity contribution in [2.75, 3.05) is 24.7 Å². The minimum Gasteiger partial charge on any atom is -0.453 e. The number of ether oxygens (including phenoxy) is 1. The number of hydrogen-bond donors (Lipinski definition) is 2. The number of nitrogens with two attached hydrogens (primary N) is 1. The predicted octanol–water partition coefficient (Wildman–Crippen LogP) is 1.36. The van der Waals surface area contributed by atoms with Gasteiger partial charge in [-0.25, -0.2) is 4.79 Å². The largest absolute Gasteiger partial charge is 0.453 e. The molecule has 3 N–H and O–H groups in total. The summed E-state index contributed by atoms with van der Waals surface area (Å²) >= 11 is 0. The van der Waals surface area contributed by atoms with Crippen LogP contribution in [0.4, 0.5) is 11.9 Å². The van der Waals surface area contributed by atoms with E-state index in [1.807, 2.05) is 24.3 Å². The zero-order valence-electron chi connectivity index (χ0n) is 12.8. The van der Waals surface area contributed by atoms with Gasteiger partial charge in [-0.1, -0.05) is 18.2 Å². The third-order valence-electron chi connectivity index (χ3n) is 3.17. The maximum Gasteiger partial charge on any atom is 0.355 e. The Hall–Kier alpha value is -3.16. The number of carbonyl (C=O) groups is 1. The van der Waals surface area contributed by atoms with Crippen LogP contribution < -0.4 is 10.6 Å². The second-order valence-corrected chi connectivity index (χ2v) is 5.15. The second kappa shape index (κ2) is 5.91. The highest BCUT2D eigenvalue weighted by Gasteiger charge is 2.13. The first-order chi connectivity index (χ1) is 11.0. The molecule has 0 aliphatic rings. The summed E-state index contributed by atoms with van der Waals surface area (Å²) in [5.74, 6) is 0.312. The molecule has 2 aromatic heterocycles. The number of para-hydroxylation sites is 1. The first-order valence-electron chi connectivity index (χ1n) is 6.95. The fourth-order valence-corrected chi connectivity index (χ4v) is 2.08. The van der Waals surface area contributed by atoms with Crippen LogP contribution in [-0.2, 0) is 11.3 Å². The van der Waals surface area contributed by atoms with Gasteiger partial charge in [0.15, 0.2) is 12.4 Å². The average molecular weight is 312 g/mol. The third-order valence-corrected chi connectivity index (χ3v) is 3.17. The van der Waals surface area contributed by atoms with Crippen LogP contribution in [0, 0.1) is 0 Å². The van der Waals surface area contributed by atoms with E-state index < -0.39 is 5.97 Å². The monoisotopic (exact) mass is 312 g/mol. The van der Waals surface area contributed by atoms with Crippen LogP contribution >= 0.6 is 0 Å². The molecule has 0 aliphatic heterocycles. The van der Waals surface area contributed by atoms with Gasteiger partial charge in [-0.05, 0) is 12.1 Å². The molecule has 0 bridgehead atoms. The van der Waals surface area contributed by atoms with Crippen molar-refractivity contribution in [3.05, 3.63) is 41.9 Å². The van der Waals surface area contributed by atoms with E-state index in [1.54, 1.807) is 25.1 Å². The Kier molecular flexibility index (Phi) is 3.80. The minimum atomic E-state index is -0.480. The number of aromatic nitrogens is 4. The molecule has 0 fully saturated rings. The lowest BCUT2D eigenvalue weighted by Crippen LogP contribution is -2.17. The van der Waals surface area contributed by atoms with Gasteiger partial charge in [0, 0.05) is 25.0 Å². The van der Waals surface area contributed by atoms with Crippen LogP contribution in [0.5, 0.6) is 0 Å². The Bertz CT molecular complexity index is 825. The number of nitrogen functional groups attached to an aromatic ring is 1. The van der Waals surface area contributed by atoms with E-state index in [1.165, 1.54) is 0 Å². The number of fused-ring (bicyclic) bond motifs is 1. The van der Waals surface area contributed by atoms with Gasteiger partial charge in [-0.2, -0.15) is 15.0 Å². The van der Waals surface area contributed by atoms with Crippen LogP contribution in [0.2, 0.25) is 0 Å². The molecule has 0 atom stereocenters. The molecule has 3 aromatic rings. The molecule has 3 rings (SSSR count). The number of nitrogens with zero attached hydrogens (tertiary/aromatic N) is 4. The van der Waals surface area contributed by atoms with Crippen LogP contribution in [0.25, 0.3) is 10.9 Å². The topological polar surface area (TPSA) is 110 Å². The molecule has 23 heavy (non-hydrogen) atoms. The first kappa shape index (κ1) is 14.8. The highest BCUT2D eigenvalue weighted by molar-refractivity contribution is 5.94. The van der Waals surface area contributed by atoms with E-state index in [-0.39, 0.29) is 12.6 Å². The summed E-state index contributed by atoms with van der Waals surface area (Å²) in [4.78, 5) is 29.0. The van der Waals surface area contributed by atoms with Gasteiger partial charge >= 0.3 is 5.97 Å². The smallest absolute Gasteiger partial charge is 0.355 e. The van der Waals surface area contributed by atoms with Crippen LogP contribution in [-0.4, -0.2) is 40.0 Å². The average Bonchev–Trinajstić information content (AvgIpc) is 2.96. The molecule has 118 valence electrons. The normalized spacial score (nSPS) is 10.7. The Morgan fingerprint density at radius 2 is 2.04 bits per heavy atom. The molecule has 0 radical (unpaired) electrons. The zero-order chi connectivity index (χ0) is 16.4. The summed E-state index contributed by atoms with van der Waals surface area (Å²) < 4.78 is 5.24. The standard InChI is InChI=1S/C15H16N6O2/c1-21(2)15-19-12(18-14(16)20-15)8-23-13(22)11-7-9-5-3-4-6-10(9)17-11/h3-7,17H,8H2,1-2H3,(H2,16,18,19,20). The van der Waals surface area contributed by atoms with Crippen molar-refractivity contribution in [3.8, 4) is 0 Å². The van der Waals surface area contributed by atoms with E-state index >= 15 is 0 Å². The lowest BCUT2D eigenvalue weighted by molar-refractivity contribution is 0.0456. The van der Waals surface area contributed by atoms with Gasteiger partial charge in [0.05, 0.1) is 0 Å². The van der Waals surface area contributed by atoms with Crippen molar-refractivity contribution in [2.45, 2.75) is 6.61 Å². The van der Waals surface area contributed by atoms with E-state index in [0.29, 0.717) is 17.5 Å². The number of carbonyl (C=O) groups excluding carboxylic acids is 1. The van der Waals surface area contributed by atoms with Gasteiger partial charge in [0.25, 0.3) is 0 Å². The van der Waals surface area contributed by atoms with Crippen LogP contribution in [0.3, 0.4) is 0 Å². The maximum absolute atomic E-state index is 12.1. The van der Waals surface area contributed by atoms with Crippen LogP contribution in [0.15, 0.2) is 30.3 Å². The van der Waals surface area contributed by atoms with Crippen LogP contribution in [0.1, 0.15) is 16.3 Å². The number of anilines is 2. The summed E-state index contributed by atoms with van der Waals surface area (Å²) in [5, 5.41) is 0.943. The van der Waals surface area contributed by atoms with E-state index in [4.69, 9.17) is 10.5 Å². The molecule has 8 nitrogen and oxygen atoms in total. The zero-order valence-corrected chi connectivity index (χ0v) is 12.8. The number of rotatable bonds is 4. The Balaban J connectivity index is 1.73. The van der Waals surface area contributed by atoms with Crippen molar-refractivity contribution < 1.29 is 9.53 Å². The molecule has 0 saturated heterocycles. The maximum atomic E-state index is 12.1. The minimum absolute atomic E-state index is 0.0816. The molecule has 8 heteroatoms. The third kappa shape index (κ3) is 3.20. The summed E-state index contributed by atoms with van der Waals surface area (Å²) in [6.45, 7) is -0.0816. The number of H-pyrrole nitrogens is 1. The lowest BCUT2D eigenvalue weighted by Gasteiger charge is -2.11. The molecule has 0 aliphatic carbocycles. The van der Waals surface area contributed by atoms with Crippen molar-refractivity contribution in [1.29, 1.82) is 0 Å². The molecular formula is C15H16N6O2.